The Balaban J connectivity index is 2.27. The third kappa shape index (κ3) is 2.74. The summed E-state index contributed by atoms with van der Waals surface area (Å²) in [6.07, 6.45) is 2.29. The largest absolute Gasteiger partial charge is 0.437 e. The highest BCUT2D eigenvalue weighted by atomic mass is 16.5. The molecule has 2 aromatic heterocycles. The third-order valence-corrected chi connectivity index (χ3v) is 2.52. The number of nitrogens with zero attached hydrogens (tertiary/aromatic N) is 3. The minimum atomic E-state index is 0.509. The van der Waals surface area contributed by atoms with Crippen LogP contribution in [0.3, 0.4) is 0 Å². The molecule has 0 aromatic carbocycles. The van der Waals surface area contributed by atoms with Crippen LogP contribution in [0.1, 0.15) is 18.3 Å². The first-order valence-electron chi connectivity index (χ1n) is 5.87. The summed E-state index contributed by atoms with van der Waals surface area (Å²) in [5, 5.41) is 2.94. The smallest absolute Gasteiger partial charge is 0.224 e. The maximum Gasteiger partial charge on any atom is 0.224 e. The summed E-state index contributed by atoms with van der Waals surface area (Å²) in [5.74, 6) is 1.97. The van der Waals surface area contributed by atoms with E-state index in [0.717, 1.165) is 29.4 Å². The fourth-order valence-electron chi connectivity index (χ4n) is 1.59. The summed E-state index contributed by atoms with van der Waals surface area (Å²) >= 11 is 0. The van der Waals surface area contributed by atoms with Gasteiger partial charge < -0.3 is 10.1 Å². The Kier molecular flexibility index (Phi) is 3.72. The molecule has 2 rings (SSSR count). The highest BCUT2D eigenvalue weighted by molar-refractivity contribution is 5.39. The van der Waals surface area contributed by atoms with Gasteiger partial charge in [0.1, 0.15) is 12.1 Å². The Hall–Kier alpha value is -2.17. The van der Waals surface area contributed by atoms with Crippen molar-refractivity contribution in [3.8, 4) is 11.6 Å². The van der Waals surface area contributed by atoms with Crippen molar-refractivity contribution < 1.29 is 4.74 Å². The Bertz CT molecular complexity index is 542. The van der Waals surface area contributed by atoms with Gasteiger partial charge in [0.2, 0.25) is 5.88 Å². The standard InChI is InChI=1S/C13H16N4O/c1-4-10-11(6-5-9(2)17-10)18-13-7-12(14-3)15-8-16-13/h5-8H,4H2,1-3H3,(H,14,15,16). The minimum Gasteiger partial charge on any atom is -0.437 e. The summed E-state index contributed by atoms with van der Waals surface area (Å²) in [6, 6.07) is 5.59. The van der Waals surface area contributed by atoms with Crippen LogP contribution in [0.4, 0.5) is 5.82 Å². The predicted molar refractivity (Wildman–Crippen MR) is 70.0 cm³/mol. The van der Waals surface area contributed by atoms with Gasteiger partial charge in [-0.25, -0.2) is 9.97 Å². The van der Waals surface area contributed by atoms with Crippen molar-refractivity contribution >= 4 is 5.82 Å². The fourth-order valence-corrected chi connectivity index (χ4v) is 1.59. The third-order valence-electron chi connectivity index (χ3n) is 2.52. The molecule has 0 radical (unpaired) electrons. The van der Waals surface area contributed by atoms with Gasteiger partial charge in [0.15, 0.2) is 5.75 Å². The topological polar surface area (TPSA) is 59.9 Å². The Morgan fingerprint density at radius 2 is 2.11 bits per heavy atom. The van der Waals surface area contributed by atoms with E-state index in [1.165, 1.54) is 6.33 Å². The summed E-state index contributed by atoms with van der Waals surface area (Å²) < 4.78 is 5.74. The number of hydrogen-bond donors (Lipinski definition) is 1. The molecule has 0 unspecified atom stereocenters. The predicted octanol–water partition coefficient (Wildman–Crippen LogP) is 2.58. The van der Waals surface area contributed by atoms with Crippen molar-refractivity contribution in [3.05, 3.63) is 35.9 Å². The number of ether oxygens (including phenoxy) is 1. The second-order valence-corrected chi connectivity index (χ2v) is 3.84. The monoisotopic (exact) mass is 244 g/mol. The number of aromatic nitrogens is 3. The molecule has 0 aliphatic rings. The Morgan fingerprint density at radius 3 is 2.83 bits per heavy atom. The van der Waals surface area contributed by atoms with Crippen LogP contribution in [0.25, 0.3) is 0 Å². The number of anilines is 1. The normalized spacial score (nSPS) is 10.2. The molecule has 0 aliphatic heterocycles. The molecular formula is C13H16N4O. The van der Waals surface area contributed by atoms with Crippen LogP contribution in [0.5, 0.6) is 11.6 Å². The zero-order valence-electron chi connectivity index (χ0n) is 10.8. The molecular weight excluding hydrogens is 228 g/mol. The van der Waals surface area contributed by atoms with Gasteiger partial charge in [-0.05, 0) is 25.5 Å². The van der Waals surface area contributed by atoms with Gasteiger partial charge in [-0.1, -0.05) is 6.92 Å². The van der Waals surface area contributed by atoms with Gasteiger partial charge in [0.05, 0.1) is 5.69 Å². The van der Waals surface area contributed by atoms with Crippen LogP contribution in [-0.2, 0) is 6.42 Å². The lowest BCUT2D eigenvalue weighted by molar-refractivity contribution is 0.453. The van der Waals surface area contributed by atoms with E-state index in [4.69, 9.17) is 4.74 Å². The Labute approximate surface area is 106 Å². The zero-order valence-corrected chi connectivity index (χ0v) is 10.8. The maximum atomic E-state index is 5.74. The highest BCUT2D eigenvalue weighted by Gasteiger charge is 2.06. The highest BCUT2D eigenvalue weighted by Crippen LogP contribution is 2.24. The molecule has 0 saturated heterocycles. The van der Waals surface area contributed by atoms with Crippen LogP contribution >= 0.6 is 0 Å². The zero-order chi connectivity index (χ0) is 13.0. The molecule has 0 atom stereocenters. The maximum absolute atomic E-state index is 5.74. The van der Waals surface area contributed by atoms with Crippen molar-refractivity contribution in [1.82, 2.24) is 15.0 Å². The molecule has 2 aromatic rings. The first-order chi connectivity index (χ1) is 8.72. The average molecular weight is 244 g/mol. The average Bonchev–Trinajstić information content (AvgIpc) is 2.41. The lowest BCUT2D eigenvalue weighted by Crippen LogP contribution is -1.98. The molecule has 0 spiro atoms. The van der Waals surface area contributed by atoms with E-state index in [0.29, 0.717) is 5.88 Å². The molecule has 0 amide bonds. The van der Waals surface area contributed by atoms with Gasteiger partial charge in [0.25, 0.3) is 0 Å². The van der Waals surface area contributed by atoms with E-state index in [1.807, 2.05) is 26.0 Å². The molecule has 0 bridgehead atoms. The Morgan fingerprint density at radius 1 is 1.28 bits per heavy atom. The van der Waals surface area contributed by atoms with Crippen LogP contribution < -0.4 is 10.1 Å². The van der Waals surface area contributed by atoms with Gasteiger partial charge in [-0.3, -0.25) is 4.98 Å². The second kappa shape index (κ2) is 5.44. The summed E-state index contributed by atoms with van der Waals surface area (Å²) in [7, 11) is 1.80. The van der Waals surface area contributed by atoms with Crippen molar-refractivity contribution in [2.24, 2.45) is 0 Å². The second-order valence-electron chi connectivity index (χ2n) is 3.84. The summed E-state index contributed by atoms with van der Waals surface area (Å²) in [6.45, 7) is 4.01. The minimum absolute atomic E-state index is 0.509. The van der Waals surface area contributed by atoms with E-state index in [9.17, 15) is 0 Å². The van der Waals surface area contributed by atoms with E-state index in [-0.39, 0.29) is 0 Å². The number of nitrogens with one attached hydrogen (secondary N) is 1. The summed E-state index contributed by atoms with van der Waals surface area (Å²) in [4.78, 5) is 12.6. The lowest BCUT2D eigenvalue weighted by Gasteiger charge is -2.09. The van der Waals surface area contributed by atoms with E-state index < -0.39 is 0 Å². The number of hydrogen-bond acceptors (Lipinski definition) is 5. The molecule has 0 fully saturated rings. The molecule has 1 N–H and O–H groups in total. The molecule has 5 nitrogen and oxygen atoms in total. The van der Waals surface area contributed by atoms with Crippen molar-refractivity contribution in [2.45, 2.75) is 20.3 Å². The fraction of sp³-hybridized carbons (Fsp3) is 0.308. The quantitative estimate of drug-likeness (QED) is 0.895. The summed E-state index contributed by atoms with van der Waals surface area (Å²) in [5.41, 5.74) is 1.91. The van der Waals surface area contributed by atoms with Crippen molar-refractivity contribution in [2.75, 3.05) is 12.4 Å². The van der Waals surface area contributed by atoms with E-state index >= 15 is 0 Å². The van der Waals surface area contributed by atoms with Gasteiger partial charge in [0, 0.05) is 18.8 Å². The van der Waals surface area contributed by atoms with Crippen LogP contribution in [0, 0.1) is 6.92 Å². The molecule has 0 aliphatic carbocycles. The number of pyridine rings is 1. The lowest BCUT2D eigenvalue weighted by atomic mass is 10.2. The van der Waals surface area contributed by atoms with Crippen LogP contribution in [-0.4, -0.2) is 22.0 Å². The van der Waals surface area contributed by atoms with Crippen LogP contribution in [0.15, 0.2) is 24.5 Å². The van der Waals surface area contributed by atoms with Crippen molar-refractivity contribution in [3.63, 3.8) is 0 Å². The van der Waals surface area contributed by atoms with Crippen LogP contribution in [0.2, 0.25) is 0 Å². The molecule has 94 valence electrons. The first kappa shape index (κ1) is 12.3. The first-order valence-corrected chi connectivity index (χ1v) is 5.87. The molecule has 0 saturated carbocycles. The van der Waals surface area contributed by atoms with E-state index in [1.54, 1.807) is 13.1 Å². The van der Waals surface area contributed by atoms with Gasteiger partial charge >= 0.3 is 0 Å². The van der Waals surface area contributed by atoms with Gasteiger partial charge in [-0.2, -0.15) is 0 Å². The molecule has 18 heavy (non-hydrogen) atoms. The SMILES string of the molecule is CCc1nc(C)ccc1Oc1cc(NC)ncn1. The number of aryl methyl sites for hydroxylation is 2. The molecule has 5 heteroatoms. The molecule has 2 heterocycles. The van der Waals surface area contributed by atoms with Crippen molar-refractivity contribution in [1.29, 1.82) is 0 Å². The van der Waals surface area contributed by atoms with E-state index in [2.05, 4.69) is 20.3 Å². The number of rotatable bonds is 4. The van der Waals surface area contributed by atoms with Gasteiger partial charge in [-0.15, -0.1) is 0 Å².